The van der Waals surface area contributed by atoms with Gasteiger partial charge in [-0.3, -0.25) is 0 Å². The van der Waals surface area contributed by atoms with Crippen molar-refractivity contribution in [2.45, 2.75) is 6.92 Å². The summed E-state index contributed by atoms with van der Waals surface area (Å²) in [5.41, 5.74) is 0.713. The fourth-order valence-corrected chi connectivity index (χ4v) is 0.474. The molecule has 0 saturated carbocycles. The minimum Gasteiger partial charge on any atom is -0.358 e. The predicted octanol–water partition coefficient (Wildman–Crippen LogP) is 1.49. The van der Waals surface area contributed by atoms with Gasteiger partial charge in [-0.2, -0.15) is 0 Å². The van der Waals surface area contributed by atoms with Crippen LogP contribution in [0, 0.1) is 51.4 Å². The molecule has 0 bridgehead atoms. The molecule has 0 aliphatic heterocycles. The molecule has 0 atom stereocenters. The molecule has 3 heteroatoms. The van der Waals surface area contributed by atoms with E-state index in [4.69, 9.17) is 5.41 Å². The van der Waals surface area contributed by atoms with Crippen LogP contribution in [0.4, 0.5) is 0 Å². The van der Waals surface area contributed by atoms with E-state index in [1.807, 2.05) is 19.0 Å². The standard InChI is InChI=1S/C5H12N2.2CH3.U/c1-5(6)4-7(2)3;;;/h6H,4H2,1-3H3;2*1H3;/q;2*-1;+2. The minimum atomic E-state index is 0. The summed E-state index contributed by atoms with van der Waals surface area (Å²) in [5.74, 6) is 0. The SMILES string of the molecule is CC(=N)CN(C)C.[CH3-].[CH3-].[U+2]. The number of rotatable bonds is 2. The molecule has 60 valence electrons. The smallest absolute Gasteiger partial charge is 0.358 e. The van der Waals surface area contributed by atoms with Gasteiger partial charge in [0.15, 0.2) is 0 Å². The van der Waals surface area contributed by atoms with Gasteiger partial charge in [0, 0.05) is 12.3 Å². The molecule has 0 saturated heterocycles. The summed E-state index contributed by atoms with van der Waals surface area (Å²) in [6.45, 7) is 2.58. The molecule has 0 aliphatic rings. The number of nitrogens with one attached hydrogen (secondary N) is 1. The van der Waals surface area contributed by atoms with Crippen LogP contribution < -0.4 is 0 Å². The van der Waals surface area contributed by atoms with E-state index in [0.717, 1.165) is 6.54 Å². The van der Waals surface area contributed by atoms with Gasteiger partial charge in [-0.1, -0.05) is 0 Å². The van der Waals surface area contributed by atoms with Crippen LogP contribution in [0.15, 0.2) is 0 Å². The molecule has 0 spiro atoms. The van der Waals surface area contributed by atoms with Crippen LogP contribution >= 0.6 is 0 Å². The van der Waals surface area contributed by atoms with Crippen molar-refractivity contribution in [1.29, 1.82) is 5.41 Å². The van der Waals surface area contributed by atoms with Crippen molar-refractivity contribution in [2.75, 3.05) is 20.6 Å². The van der Waals surface area contributed by atoms with E-state index >= 15 is 0 Å². The first-order valence-electron chi connectivity index (χ1n) is 2.31. The van der Waals surface area contributed by atoms with Crippen molar-refractivity contribution in [3.8, 4) is 0 Å². The summed E-state index contributed by atoms with van der Waals surface area (Å²) in [4.78, 5) is 1.97. The molecule has 0 aliphatic carbocycles. The van der Waals surface area contributed by atoms with Gasteiger partial charge in [0.1, 0.15) is 0 Å². The zero-order valence-corrected chi connectivity index (χ0v) is 11.8. The summed E-state index contributed by atoms with van der Waals surface area (Å²) in [7, 11) is 3.91. The first-order chi connectivity index (χ1) is 3.13. The van der Waals surface area contributed by atoms with E-state index in [1.54, 1.807) is 6.92 Å². The summed E-state index contributed by atoms with van der Waals surface area (Å²) in [6.07, 6.45) is 0. The zero-order valence-electron chi connectivity index (χ0n) is 7.65. The monoisotopic (exact) mass is 368 g/mol. The van der Waals surface area contributed by atoms with Gasteiger partial charge in [-0.15, -0.1) is 0 Å². The van der Waals surface area contributed by atoms with Crippen LogP contribution in [0.2, 0.25) is 0 Å². The number of hydrogen-bond acceptors (Lipinski definition) is 2. The molecule has 0 aromatic rings. The fraction of sp³-hybridized carbons (Fsp3) is 0.571. The second kappa shape index (κ2) is 12.4. The van der Waals surface area contributed by atoms with Crippen molar-refractivity contribution in [3.05, 3.63) is 14.9 Å². The van der Waals surface area contributed by atoms with Crippen LogP contribution in [0.3, 0.4) is 0 Å². The first kappa shape index (κ1) is 22.4. The number of nitrogens with zero attached hydrogens (tertiary/aromatic N) is 1. The minimum absolute atomic E-state index is 0. The Bertz CT molecular complexity index is 72.0. The quantitative estimate of drug-likeness (QED) is 0.581. The molecule has 0 aromatic carbocycles. The normalized spacial score (nSPS) is 6.80. The predicted molar refractivity (Wildman–Crippen MR) is 44.8 cm³/mol. The molecular formula is C7H18N2U. The summed E-state index contributed by atoms with van der Waals surface area (Å²) < 4.78 is 0. The Morgan fingerprint density at radius 1 is 1.30 bits per heavy atom. The Morgan fingerprint density at radius 3 is 1.60 bits per heavy atom. The van der Waals surface area contributed by atoms with E-state index in [0.29, 0.717) is 5.71 Å². The van der Waals surface area contributed by atoms with Gasteiger partial charge in [-0.05, 0) is 21.0 Å². The van der Waals surface area contributed by atoms with Gasteiger partial charge in [0.25, 0.3) is 0 Å². The Kier molecular flexibility index (Phi) is 27.7. The van der Waals surface area contributed by atoms with E-state index in [1.165, 1.54) is 0 Å². The van der Waals surface area contributed by atoms with E-state index in [9.17, 15) is 0 Å². The van der Waals surface area contributed by atoms with Crippen LogP contribution in [0.25, 0.3) is 0 Å². The van der Waals surface area contributed by atoms with Crippen molar-refractivity contribution < 1.29 is 31.1 Å². The maximum Gasteiger partial charge on any atom is 2.00 e. The van der Waals surface area contributed by atoms with Crippen molar-refractivity contribution in [2.24, 2.45) is 0 Å². The summed E-state index contributed by atoms with van der Waals surface area (Å²) >= 11 is 0. The molecule has 0 rings (SSSR count). The van der Waals surface area contributed by atoms with Crippen LogP contribution in [-0.4, -0.2) is 31.3 Å². The second-order valence-electron chi connectivity index (χ2n) is 2.02. The van der Waals surface area contributed by atoms with Gasteiger partial charge < -0.3 is 25.2 Å². The molecule has 0 fully saturated rings. The molecular weight excluding hydrogens is 350 g/mol. The molecule has 0 aromatic heterocycles. The molecule has 0 amide bonds. The first-order valence-corrected chi connectivity index (χ1v) is 2.31. The summed E-state index contributed by atoms with van der Waals surface area (Å²) in [6, 6.07) is 0. The molecule has 0 radical (unpaired) electrons. The zero-order chi connectivity index (χ0) is 5.86. The maximum absolute atomic E-state index is 6.98. The van der Waals surface area contributed by atoms with Gasteiger partial charge >= 0.3 is 31.1 Å². The van der Waals surface area contributed by atoms with Crippen LogP contribution in [0.1, 0.15) is 6.92 Å². The largest absolute Gasteiger partial charge is 2.00 e. The van der Waals surface area contributed by atoms with E-state index < -0.39 is 0 Å². The van der Waals surface area contributed by atoms with Crippen molar-refractivity contribution >= 4 is 5.71 Å². The Balaban J connectivity index is -0.0000000600. The van der Waals surface area contributed by atoms with Gasteiger partial charge in [0.2, 0.25) is 0 Å². The summed E-state index contributed by atoms with van der Waals surface area (Å²) in [5, 5.41) is 6.98. The average Bonchev–Trinajstić information content (AvgIpc) is 1.27. The number of hydrogen-bond donors (Lipinski definition) is 1. The molecule has 0 heterocycles. The van der Waals surface area contributed by atoms with Crippen LogP contribution in [-0.2, 0) is 0 Å². The third-order valence-electron chi connectivity index (χ3n) is 0.553. The third-order valence-corrected chi connectivity index (χ3v) is 0.553. The topological polar surface area (TPSA) is 27.1 Å². The fourth-order valence-electron chi connectivity index (χ4n) is 0.474. The van der Waals surface area contributed by atoms with Gasteiger partial charge in [-0.25, -0.2) is 0 Å². The van der Waals surface area contributed by atoms with E-state index in [2.05, 4.69) is 0 Å². The molecule has 10 heavy (non-hydrogen) atoms. The van der Waals surface area contributed by atoms with Crippen molar-refractivity contribution in [1.82, 2.24) is 4.90 Å². The molecule has 1 N–H and O–H groups in total. The Labute approximate surface area is 89.3 Å². The van der Waals surface area contributed by atoms with Crippen molar-refractivity contribution in [3.63, 3.8) is 0 Å². The Morgan fingerprint density at radius 2 is 1.60 bits per heavy atom. The van der Waals surface area contributed by atoms with Crippen LogP contribution in [0.5, 0.6) is 0 Å². The Hall–Kier alpha value is 0.682. The molecule has 0 unspecified atom stereocenters. The third kappa shape index (κ3) is 23.4. The average molecular weight is 368 g/mol. The second-order valence-corrected chi connectivity index (χ2v) is 2.02. The van der Waals surface area contributed by atoms with Gasteiger partial charge in [0.05, 0.1) is 0 Å². The van der Waals surface area contributed by atoms with E-state index in [-0.39, 0.29) is 46.0 Å². The maximum atomic E-state index is 6.98. The molecule has 2 nitrogen and oxygen atoms in total.